The van der Waals surface area contributed by atoms with E-state index in [0.717, 1.165) is 10.9 Å². The average Bonchev–Trinajstić information content (AvgIpc) is 2.57. The maximum atomic E-state index is 12.2. The molecule has 1 aromatic heterocycles. The number of aliphatic carboxylic acids is 1. The first-order chi connectivity index (χ1) is 12.2. The van der Waals surface area contributed by atoms with Crippen molar-refractivity contribution in [2.24, 2.45) is 5.92 Å². The van der Waals surface area contributed by atoms with Crippen molar-refractivity contribution < 1.29 is 23.8 Å². The SMILES string of the molecule is CCc1cc(=O)oc2cc(OC(C)C(=O)NC(C(=O)O)C(C)C)ccc12. The minimum Gasteiger partial charge on any atom is -0.481 e. The molecule has 0 aliphatic carbocycles. The van der Waals surface area contributed by atoms with Crippen molar-refractivity contribution in [1.82, 2.24) is 5.32 Å². The fraction of sp³-hybridized carbons (Fsp3) is 0.421. The lowest BCUT2D eigenvalue weighted by Crippen LogP contribution is -2.48. The van der Waals surface area contributed by atoms with Gasteiger partial charge in [-0.1, -0.05) is 20.8 Å². The molecule has 1 amide bonds. The van der Waals surface area contributed by atoms with Crippen LogP contribution in [-0.2, 0) is 16.0 Å². The molecule has 0 aliphatic heterocycles. The van der Waals surface area contributed by atoms with E-state index >= 15 is 0 Å². The Labute approximate surface area is 151 Å². The number of hydrogen-bond acceptors (Lipinski definition) is 5. The molecule has 0 aliphatic rings. The molecule has 1 heterocycles. The molecule has 2 N–H and O–H groups in total. The third kappa shape index (κ3) is 4.41. The van der Waals surface area contributed by atoms with Gasteiger partial charge < -0.3 is 19.6 Å². The molecule has 0 bridgehead atoms. The van der Waals surface area contributed by atoms with Crippen LogP contribution in [-0.4, -0.2) is 29.1 Å². The summed E-state index contributed by atoms with van der Waals surface area (Å²) >= 11 is 0. The molecule has 0 spiro atoms. The molecule has 2 rings (SSSR count). The molecule has 1 aromatic carbocycles. The zero-order chi connectivity index (χ0) is 19.4. The summed E-state index contributed by atoms with van der Waals surface area (Å²) in [5.41, 5.74) is 0.804. The summed E-state index contributed by atoms with van der Waals surface area (Å²) in [7, 11) is 0. The molecular formula is C19H23NO6. The van der Waals surface area contributed by atoms with Gasteiger partial charge in [-0.25, -0.2) is 9.59 Å². The highest BCUT2D eigenvalue weighted by Crippen LogP contribution is 2.23. The standard InChI is InChI=1S/C19H23NO6/c1-5-12-8-16(21)26-15-9-13(6-7-14(12)15)25-11(4)18(22)20-17(10(2)3)19(23)24/h6-11,17H,5H2,1-4H3,(H,20,22)(H,23,24). The maximum absolute atomic E-state index is 12.2. The first-order valence-corrected chi connectivity index (χ1v) is 8.49. The Bertz CT molecular complexity index is 870. The number of carboxylic acid groups (broad SMARTS) is 1. The van der Waals surface area contributed by atoms with Gasteiger partial charge in [0.15, 0.2) is 6.10 Å². The topological polar surface area (TPSA) is 106 Å². The Morgan fingerprint density at radius 2 is 1.92 bits per heavy atom. The predicted octanol–water partition coefficient (Wildman–Crippen LogP) is 2.35. The van der Waals surface area contributed by atoms with Crippen LogP contribution in [0.15, 0.2) is 33.5 Å². The highest BCUT2D eigenvalue weighted by Gasteiger charge is 2.26. The fourth-order valence-corrected chi connectivity index (χ4v) is 2.62. The van der Waals surface area contributed by atoms with Gasteiger partial charge in [0, 0.05) is 17.5 Å². The largest absolute Gasteiger partial charge is 0.481 e. The molecule has 26 heavy (non-hydrogen) atoms. The van der Waals surface area contributed by atoms with Crippen LogP contribution in [0.1, 0.15) is 33.3 Å². The van der Waals surface area contributed by atoms with Crippen molar-refractivity contribution in [3.05, 3.63) is 40.2 Å². The number of aryl methyl sites for hydroxylation is 1. The Morgan fingerprint density at radius 1 is 1.23 bits per heavy atom. The highest BCUT2D eigenvalue weighted by molar-refractivity contribution is 5.86. The number of ether oxygens (including phenoxy) is 1. The summed E-state index contributed by atoms with van der Waals surface area (Å²) in [5, 5.41) is 12.4. The van der Waals surface area contributed by atoms with Gasteiger partial charge in [0.05, 0.1) is 0 Å². The number of carbonyl (C=O) groups is 2. The van der Waals surface area contributed by atoms with E-state index in [2.05, 4.69) is 5.32 Å². The lowest BCUT2D eigenvalue weighted by Gasteiger charge is -2.21. The van der Waals surface area contributed by atoms with Crippen LogP contribution in [0.25, 0.3) is 11.0 Å². The van der Waals surface area contributed by atoms with Gasteiger partial charge in [0.25, 0.3) is 5.91 Å². The third-order valence-electron chi connectivity index (χ3n) is 4.10. The maximum Gasteiger partial charge on any atom is 0.336 e. The number of fused-ring (bicyclic) bond motifs is 1. The summed E-state index contributed by atoms with van der Waals surface area (Å²) in [5.74, 6) is -1.53. The second-order valence-corrected chi connectivity index (χ2v) is 6.43. The van der Waals surface area contributed by atoms with E-state index in [1.54, 1.807) is 32.0 Å². The van der Waals surface area contributed by atoms with E-state index in [9.17, 15) is 14.4 Å². The zero-order valence-corrected chi connectivity index (χ0v) is 15.2. The minimum atomic E-state index is -1.10. The van der Waals surface area contributed by atoms with Crippen LogP contribution in [0.4, 0.5) is 0 Å². The number of carboxylic acids is 1. The van der Waals surface area contributed by atoms with E-state index < -0.39 is 29.6 Å². The Hall–Kier alpha value is -2.83. The minimum absolute atomic E-state index is 0.258. The van der Waals surface area contributed by atoms with Gasteiger partial charge in [-0.2, -0.15) is 0 Å². The molecule has 2 atom stereocenters. The smallest absolute Gasteiger partial charge is 0.336 e. The summed E-state index contributed by atoms with van der Waals surface area (Å²) < 4.78 is 10.8. The van der Waals surface area contributed by atoms with Gasteiger partial charge in [-0.3, -0.25) is 4.79 Å². The van der Waals surface area contributed by atoms with Gasteiger partial charge in [0.2, 0.25) is 0 Å². The number of carbonyl (C=O) groups excluding carboxylic acids is 1. The van der Waals surface area contributed by atoms with E-state index in [1.807, 2.05) is 6.92 Å². The number of amides is 1. The van der Waals surface area contributed by atoms with Crippen LogP contribution in [0.3, 0.4) is 0 Å². The quantitative estimate of drug-likeness (QED) is 0.733. The first kappa shape index (κ1) is 19.5. The highest BCUT2D eigenvalue weighted by atomic mass is 16.5. The second-order valence-electron chi connectivity index (χ2n) is 6.43. The van der Waals surface area contributed by atoms with Gasteiger partial charge in [0.1, 0.15) is 17.4 Å². The Kier molecular flexibility index (Phi) is 6.02. The van der Waals surface area contributed by atoms with Crippen LogP contribution in [0.5, 0.6) is 5.75 Å². The normalized spacial score (nSPS) is 13.4. The lowest BCUT2D eigenvalue weighted by atomic mass is 10.0. The van der Waals surface area contributed by atoms with Crippen molar-refractivity contribution in [2.45, 2.75) is 46.3 Å². The van der Waals surface area contributed by atoms with Crippen molar-refractivity contribution >= 4 is 22.8 Å². The average molecular weight is 361 g/mol. The van der Waals surface area contributed by atoms with E-state index in [0.29, 0.717) is 17.8 Å². The Balaban J connectivity index is 2.18. The van der Waals surface area contributed by atoms with Crippen molar-refractivity contribution in [3.8, 4) is 5.75 Å². The van der Waals surface area contributed by atoms with Crippen LogP contribution in [0.2, 0.25) is 0 Å². The van der Waals surface area contributed by atoms with E-state index in [1.165, 1.54) is 13.0 Å². The number of benzene rings is 1. The first-order valence-electron chi connectivity index (χ1n) is 8.49. The second kappa shape index (κ2) is 8.03. The molecule has 0 radical (unpaired) electrons. The summed E-state index contributed by atoms with van der Waals surface area (Å²) in [6.45, 7) is 6.89. The van der Waals surface area contributed by atoms with Gasteiger partial charge in [-0.05, 0) is 37.0 Å². The molecule has 7 nitrogen and oxygen atoms in total. The summed E-state index contributed by atoms with van der Waals surface area (Å²) in [4.78, 5) is 35.0. The fourth-order valence-electron chi connectivity index (χ4n) is 2.62. The van der Waals surface area contributed by atoms with Gasteiger partial charge >= 0.3 is 11.6 Å². The van der Waals surface area contributed by atoms with E-state index in [-0.39, 0.29) is 5.92 Å². The van der Waals surface area contributed by atoms with Crippen molar-refractivity contribution in [3.63, 3.8) is 0 Å². The van der Waals surface area contributed by atoms with Crippen molar-refractivity contribution in [1.29, 1.82) is 0 Å². The molecule has 0 fully saturated rings. The van der Waals surface area contributed by atoms with Gasteiger partial charge in [-0.15, -0.1) is 0 Å². The Morgan fingerprint density at radius 3 is 2.50 bits per heavy atom. The number of hydrogen-bond donors (Lipinski definition) is 2. The third-order valence-corrected chi connectivity index (χ3v) is 4.10. The monoisotopic (exact) mass is 361 g/mol. The van der Waals surface area contributed by atoms with Crippen molar-refractivity contribution in [2.75, 3.05) is 0 Å². The molecule has 2 aromatic rings. The molecule has 0 saturated heterocycles. The van der Waals surface area contributed by atoms with Crippen LogP contribution in [0, 0.1) is 5.92 Å². The predicted molar refractivity (Wildman–Crippen MR) is 96.4 cm³/mol. The summed E-state index contributed by atoms with van der Waals surface area (Å²) in [6.07, 6.45) is -0.221. The van der Waals surface area contributed by atoms with E-state index in [4.69, 9.17) is 14.3 Å². The van der Waals surface area contributed by atoms with Crippen LogP contribution < -0.4 is 15.7 Å². The number of nitrogens with one attached hydrogen (secondary N) is 1. The molecule has 2 unspecified atom stereocenters. The molecule has 0 saturated carbocycles. The molecular weight excluding hydrogens is 338 g/mol. The molecule has 7 heteroatoms. The summed E-state index contributed by atoms with van der Waals surface area (Å²) in [6, 6.07) is 5.47. The lowest BCUT2D eigenvalue weighted by molar-refractivity contribution is -0.144. The zero-order valence-electron chi connectivity index (χ0n) is 15.2. The van der Waals surface area contributed by atoms with Crippen LogP contribution >= 0.6 is 0 Å². The number of rotatable bonds is 7. The molecule has 140 valence electrons.